The maximum absolute atomic E-state index is 11.0. The molecule has 90 valence electrons. The number of hydrogen-bond donors (Lipinski definition) is 2. The van der Waals surface area contributed by atoms with Crippen molar-refractivity contribution in [3.8, 4) is 0 Å². The Bertz CT molecular complexity index is 390. The molecule has 0 radical (unpaired) electrons. The molecule has 5 nitrogen and oxygen atoms in total. The summed E-state index contributed by atoms with van der Waals surface area (Å²) in [6.45, 7) is 6.20. The molecule has 1 aromatic rings. The van der Waals surface area contributed by atoms with Gasteiger partial charge in [-0.05, 0) is 6.07 Å². The molecule has 0 amide bonds. The van der Waals surface area contributed by atoms with Gasteiger partial charge in [0.15, 0.2) is 0 Å². The zero-order valence-electron chi connectivity index (χ0n) is 10.2. The number of nitrogens with zero attached hydrogens (tertiary/aromatic N) is 2. The van der Waals surface area contributed by atoms with Crippen LogP contribution < -0.4 is 5.73 Å². The highest BCUT2D eigenvalue weighted by Gasteiger charge is 2.25. The van der Waals surface area contributed by atoms with Crippen molar-refractivity contribution in [3.63, 3.8) is 0 Å². The second-order valence-electron chi connectivity index (χ2n) is 4.95. The van der Waals surface area contributed by atoms with Gasteiger partial charge >= 0.3 is 5.97 Å². The van der Waals surface area contributed by atoms with E-state index < -0.39 is 11.9 Å². The van der Waals surface area contributed by atoms with Crippen molar-refractivity contribution in [2.24, 2.45) is 12.8 Å². The SMILES string of the molecule is Cn1nc(C(C)(C)C)cc1C(CN)C(=O)O. The van der Waals surface area contributed by atoms with E-state index in [2.05, 4.69) is 5.10 Å². The molecule has 0 aromatic carbocycles. The van der Waals surface area contributed by atoms with Crippen LogP contribution in [0.25, 0.3) is 0 Å². The van der Waals surface area contributed by atoms with Crippen LogP contribution in [-0.2, 0) is 17.3 Å². The van der Waals surface area contributed by atoms with Crippen molar-refractivity contribution in [2.75, 3.05) is 6.54 Å². The van der Waals surface area contributed by atoms with Gasteiger partial charge in [-0.2, -0.15) is 5.10 Å². The number of carboxylic acid groups (broad SMARTS) is 1. The molecular weight excluding hydrogens is 206 g/mol. The molecule has 0 saturated carbocycles. The van der Waals surface area contributed by atoms with Gasteiger partial charge in [-0.3, -0.25) is 9.48 Å². The van der Waals surface area contributed by atoms with Gasteiger partial charge in [0.25, 0.3) is 0 Å². The third kappa shape index (κ3) is 2.41. The van der Waals surface area contributed by atoms with Crippen LogP contribution in [0, 0.1) is 0 Å². The van der Waals surface area contributed by atoms with Crippen LogP contribution in [-0.4, -0.2) is 27.4 Å². The molecule has 3 N–H and O–H groups in total. The maximum Gasteiger partial charge on any atom is 0.313 e. The Morgan fingerprint density at radius 3 is 2.50 bits per heavy atom. The van der Waals surface area contributed by atoms with Gasteiger partial charge in [0.1, 0.15) is 5.92 Å². The number of nitrogens with two attached hydrogens (primary N) is 1. The second-order valence-corrected chi connectivity index (χ2v) is 4.95. The fraction of sp³-hybridized carbons (Fsp3) is 0.636. The number of hydrogen-bond acceptors (Lipinski definition) is 3. The Balaban J connectivity index is 3.15. The summed E-state index contributed by atoms with van der Waals surface area (Å²) >= 11 is 0. The fourth-order valence-corrected chi connectivity index (χ4v) is 1.52. The molecular formula is C11H19N3O2. The van der Waals surface area contributed by atoms with E-state index >= 15 is 0 Å². The molecule has 1 rings (SSSR count). The highest BCUT2D eigenvalue weighted by atomic mass is 16.4. The van der Waals surface area contributed by atoms with Gasteiger partial charge in [0, 0.05) is 19.0 Å². The molecule has 0 fully saturated rings. The van der Waals surface area contributed by atoms with Crippen molar-refractivity contribution in [1.29, 1.82) is 0 Å². The van der Waals surface area contributed by atoms with E-state index in [0.29, 0.717) is 5.69 Å². The Kier molecular flexibility index (Phi) is 3.38. The molecule has 5 heteroatoms. The van der Waals surface area contributed by atoms with E-state index in [4.69, 9.17) is 10.8 Å². The average Bonchev–Trinajstić information content (AvgIpc) is 2.48. The summed E-state index contributed by atoms with van der Waals surface area (Å²) < 4.78 is 1.60. The van der Waals surface area contributed by atoms with E-state index in [1.807, 2.05) is 26.8 Å². The molecule has 1 atom stereocenters. The van der Waals surface area contributed by atoms with E-state index in [9.17, 15) is 4.79 Å². The third-order valence-corrected chi connectivity index (χ3v) is 2.58. The van der Waals surface area contributed by atoms with Crippen LogP contribution in [0.3, 0.4) is 0 Å². The second kappa shape index (κ2) is 4.25. The van der Waals surface area contributed by atoms with Crippen molar-refractivity contribution in [2.45, 2.75) is 32.1 Å². The summed E-state index contributed by atoms with van der Waals surface area (Å²) in [4.78, 5) is 11.0. The maximum atomic E-state index is 11.0. The van der Waals surface area contributed by atoms with Crippen LogP contribution in [0.15, 0.2) is 6.07 Å². The van der Waals surface area contributed by atoms with Crippen molar-refractivity contribution in [1.82, 2.24) is 9.78 Å². The van der Waals surface area contributed by atoms with Gasteiger partial charge in [-0.15, -0.1) is 0 Å². The van der Waals surface area contributed by atoms with Gasteiger partial charge < -0.3 is 10.8 Å². The summed E-state index contributed by atoms with van der Waals surface area (Å²) in [6.07, 6.45) is 0. The highest BCUT2D eigenvalue weighted by molar-refractivity contribution is 5.75. The summed E-state index contributed by atoms with van der Waals surface area (Å²) in [6, 6.07) is 1.83. The molecule has 0 aliphatic rings. The molecule has 16 heavy (non-hydrogen) atoms. The minimum atomic E-state index is -0.911. The number of aliphatic carboxylic acids is 1. The first-order valence-corrected chi connectivity index (χ1v) is 5.24. The molecule has 0 aliphatic heterocycles. The number of carbonyl (C=O) groups is 1. The van der Waals surface area contributed by atoms with Gasteiger partial charge in [-0.1, -0.05) is 20.8 Å². The number of aromatic nitrogens is 2. The summed E-state index contributed by atoms with van der Waals surface area (Å²) in [7, 11) is 1.75. The molecule has 0 aliphatic carbocycles. The lowest BCUT2D eigenvalue weighted by molar-refractivity contribution is -0.138. The zero-order chi connectivity index (χ0) is 12.5. The number of carboxylic acids is 1. The van der Waals surface area contributed by atoms with Crippen molar-refractivity contribution < 1.29 is 9.90 Å². The summed E-state index contributed by atoms with van der Waals surface area (Å²) in [5, 5.41) is 13.4. The lowest BCUT2D eigenvalue weighted by Crippen LogP contribution is -2.23. The first-order valence-electron chi connectivity index (χ1n) is 5.24. The first kappa shape index (κ1) is 12.7. The molecule has 1 heterocycles. The normalized spacial score (nSPS) is 13.8. The van der Waals surface area contributed by atoms with Crippen LogP contribution in [0.4, 0.5) is 0 Å². The van der Waals surface area contributed by atoms with Crippen molar-refractivity contribution >= 4 is 5.97 Å². The van der Waals surface area contributed by atoms with E-state index in [0.717, 1.165) is 5.69 Å². The first-order chi connectivity index (χ1) is 7.27. The average molecular weight is 225 g/mol. The summed E-state index contributed by atoms with van der Waals surface area (Å²) in [5.74, 6) is -1.60. The third-order valence-electron chi connectivity index (χ3n) is 2.58. The highest BCUT2D eigenvalue weighted by Crippen LogP contribution is 2.24. The molecule has 1 aromatic heterocycles. The topological polar surface area (TPSA) is 81.1 Å². The fourth-order valence-electron chi connectivity index (χ4n) is 1.52. The smallest absolute Gasteiger partial charge is 0.313 e. The monoisotopic (exact) mass is 225 g/mol. The van der Waals surface area contributed by atoms with Gasteiger partial charge in [-0.25, -0.2) is 0 Å². The molecule has 0 saturated heterocycles. The largest absolute Gasteiger partial charge is 0.481 e. The van der Waals surface area contributed by atoms with Crippen LogP contribution in [0.2, 0.25) is 0 Å². The Morgan fingerprint density at radius 2 is 2.19 bits per heavy atom. The Morgan fingerprint density at radius 1 is 1.62 bits per heavy atom. The predicted molar refractivity (Wildman–Crippen MR) is 61.3 cm³/mol. The lowest BCUT2D eigenvalue weighted by atomic mass is 9.91. The molecule has 0 spiro atoms. The van der Waals surface area contributed by atoms with Gasteiger partial charge in [0.05, 0.1) is 11.4 Å². The number of aryl methyl sites for hydroxylation is 1. The van der Waals surface area contributed by atoms with Crippen LogP contribution >= 0.6 is 0 Å². The van der Waals surface area contributed by atoms with Crippen molar-refractivity contribution in [3.05, 3.63) is 17.5 Å². The van der Waals surface area contributed by atoms with Gasteiger partial charge in [0.2, 0.25) is 0 Å². The number of rotatable bonds is 3. The standard InChI is InChI=1S/C11H19N3O2/c1-11(2,3)9-5-8(14(4)13-9)7(6-12)10(15)16/h5,7H,6,12H2,1-4H3,(H,15,16). The van der Waals surface area contributed by atoms with E-state index in [1.54, 1.807) is 11.7 Å². The molecule has 0 bridgehead atoms. The lowest BCUT2D eigenvalue weighted by Gasteiger charge is -2.13. The minimum Gasteiger partial charge on any atom is -0.481 e. The molecule has 1 unspecified atom stereocenters. The Labute approximate surface area is 95.3 Å². The van der Waals surface area contributed by atoms with E-state index in [1.165, 1.54) is 0 Å². The quantitative estimate of drug-likeness (QED) is 0.799. The summed E-state index contributed by atoms with van der Waals surface area (Å²) in [5.41, 5.74) is 6.91. The Hall–Kier alpha value is -1.36. The van der Waals surface area contributed by atoms with Crippen LogP contribution in [0.1, 0.15) is 38.1 Å². The van der Waals surface area contributed by atoms with E-state index in [-0.39, 0.29) is 12.0 Å². The zero-order valence-corrected chi connectivity index (χ0v) is 10.2. The minimum absolute atomic E-state index is 0.0818. The predicted octanol–water partition coefficient (Wildman–Crippen LogP) is 0.845. The van der Waals surface area contributed by atoms with Crippen LogP contribution in [0.5, 0.6) is 0 Å².